The van der Waals surface area contributed by atoms with Crippen LogP contribution in [0.15, 0.2) is 24.3 Å². The number of aryl methyl sites for hydroxylation is 1. The number of carbonyl (C=O) groups is 2. The first-order valence-corrected chi connectivity index (χ1v) is 9.91. The third-order valence-corrected chi connectivity index (χ3v) is 3.65. The standard InChI is InChI=1S/C20H30BrNO4/c1-19(2,3)25-17(23)22(18(24)26-20(4,5)6)14-12-16-9-7-15(8-10-16)11-13-21/h7-10H,11-14H2,1-6H3. The van der Waals surface area contributed by atoms with Crippen LogP contribution in [0.3, 0.4) is 0 Å². The van der Waals surface area contributed by atoms with Crippen LogP contribution in [0, 0.1) is 0 Å². The smallest absolute Gasteiger partial charge is 0.419 e. The van der Waals surface area contributed by atoms with E-state index >= 15 is 0 Å². The molecule has 0 saturated heterocycles. The molecule has 2 amide bonds. The summed E-state index contributed by atoms with van der Waals surface area (Å²) in [6.45, 7) is 10.8. The van der Waals surface area contributed by atoms with Crippen molar-refractivity contribution >= 4 is 28.1 Å². The second-order valence-electron chi connectivity index (χ2n) is 8.12. The summed E-state index contributed by atoms with van der Waals surface area (Å²) in [5.74, 6) is 0. The van der Waals surface area contributed by atoms with Gasteiger partial charge in [-0.1, -0.05) is 40.2 Å². The fourth-order valence-corrected chi connectivity index (χ4v) is 2.57. The maximum absolute atomic E-state index is 12.4. The molecule has 0 aromatic heterocycles. The lowest BCUT2D eigenvalue weighted by molar-refractivity contribution is 0.00171. The summed E-state index contributed by atoms with van der Waals surface area (Å²) in [6.07, 6.45) is 0.111. The second-order valence-corrected chi connectivity index (χ2v) is 8.91. The third-order valence-electron chi connectivity index (χ3n) is 3.26. The summed E-state index contributed by atoms with van der Waals surface area (Å²) < 4.78 is 10.7. The molecule has 0 heterocycles. The van der Waals surface area contributed by atoms with E-state index in [4.69, 9.17) is 9.47 Å². The lowest BCUT2D eigenvalue weighted by atomic mass is 10.1. The molecule has 1 aromatic carbocycles. The van der Waals surface area contributed by atoms with Crippen molar-refractivity contribution in [3.8, 4) is 0 Å². The zero-order valence-corrected chi connectivity index (χ0v) is 18.2. The first-order chi connectivity index (χ1) is 11.9. The van der Waals surface area contributed by atoms with Gasteiger partial charge < -0.3 is 9.47 Å². The zero-order valence-electron chi connectivity index (χ0n) is 16.6. The topological polar surface area (TPSA) is 55.8 Å². The van der Waals surface area contributed by atoms with Gasteiger partial charge in [0.05, 0.1) is 0 Å². The molecule has 5 nitrogen and oxygen atoms in total. The van der Waals surface area contributed by atoms with E-state index in [0.29, 0.717) is 6.42 Å². The first-order valence-electron chi connectivity index (χ1n) is 8.78. The van der Waals surface area contributed by atoms with Crippen LogP contribution in [0.2, 0.25) is 0 Å². The van der Waals surface area contributed by atoms with Crippen LogP contribution in [0.5, 0.6) is 0 Å². The quantitative estimate of drug-likeness (QED) is 0.595. The third kappa shape index (κ3) is 8.70. The number of hydrogen-bond acceptors (Lipinski definition) is 4. The highest BCUT2D eigenvalue weighted by molar-refractivity contribution is 9.09. The highest BCUT2D eigenvalue weighted by atomic mass is 79.9. The van der Waals surface area contributed by atoms with Crippen LogP contribution >= 0.6 is 15.9 Å². The zero-order chi connectivity index (χ0) is 20.0. The van der Waals surface area contributed by atoms with Crippen molar-refractivity contribution in [2.75, 3.05) is 11.9 Å². The molecule has 0 spiro atoms. The SMILES string of the molecule is CC(C)(C)OC(=O)N(CCc1ccc(CCBr)cc1)C(=O)OC(C)(C)C. The summed E-state index contributed by atoms with van der Waals surface area (Å²) >= 11 is 3.42. The molecule has 0 aliphatic heterocycles. The molecule has 0 N–H and O–H groups in total. The fourth-order valence-electron chi connectivity index (χ4n) is 2.11. The molecule has 0 atom stereocenters. The van der Waals surface area contributed by atoms with E-state index < -0.39 is 23.4 Å². The summed E-state index contributed by atoms with van der Waals surface area (Å²) in [6, 6.07) is 8.14. The van der Waals surface area contributed by atoms with E-state index in [0.717, 1.165) is 22.2 Å². The van der Waals surface area contributed by atoms with Crippen LogP contribution in [0.25, 0.3) is 0 Å². The lowest BCUT2D eigenvalue weighted by Crippen LogP contribution is -2.44. The molecule has 26 heavy (non-hydrogen) atoms. The van der Waals surface area contributed by atoms with Crippen LogP contribution in [0.4, 0.5) is 9.59 Å². The van der Waals surface area contributed by atoms with E-state index in [-0.39, 0.29) is 6.54 Å². The average molecular weight is 428 g/mol. The van der Waals surface area contributed by atoms with Crippen molar-refractivity contribution in [2.24, 2.45) is 0 Å². The number of benzene rings is 1. The van der Waals surface area contributed by atoms with Gasteiger partial charge in [-0.25, -0.2) is 14.5 Å². The van der Waals surface area contributed by atoms with Crippen molar-refractivity contribution in [1.82, 2.24) is 4.90 Å². The summed E-state index contributed by atoms with van der Waals surface area (Å²) in [5.41, 5.74) is 0.908. The molecule has 1 rings (SSSR count). The largest absolute Gasteiger partial charge is 0.443 e. The summed E-state index contributed by atoms with van der Waals surface area (Å²) in [7, 11) is 0. The van der Waals surface area contributed by atoms with Crippen molar-refractivity contribution in [3.63, 3.8) is 0 Å². The van der Waals surface area contributed by atoms with Crippen molar-refractivity contribution in [3.05, 3.63) is 35.4 Å². The van der Waals surface area contributed by atoms with Gasteiger partial charge in [-0.05, 0) is 65.5 Å². The minimum absolute atomic E-state index is 0.196. The Morgan fingerprint density at radius 2 is 1.23 bits per heavy atom. The first kappa shape index (κ1) is 22.5. The maximum atomic E-state index is 12.4. The Morgan fingerprint density at radius 3 is 1.58 bits per heavy atom. The predicted molar refractivity (Wildman–Crippen MR) is 107 cm³/mol. The molecule has 1 aromatic rings. The minimum atomic E-state index is -0.692. The minimum Gasteiger partial charge on any atom is -0.443 e. The molecule has 0 aliphatic rings. The van der Waals surface area contributed by atoms with Crippen molar-refractivity contribution in [2.45, 2.75) is 65.6 Å². The summed E-state index contributed by atoms with van der Waals surface area (Å²) in [4.78, 5) is 25.9. The molecular weight excluding hydrogens is 398 g/mol. The number of halogens is 1. The highest BCUT2D eigenvalue weighted by Gasteiger charge is 2.30. The fraction of sp³-hybridized carbons (Fsp3) is 0.600. The normalized spacial score (nSPS) is 11.8. The molecule has 6 heteroatoms. The lowest BCUT2D eigenvalue weighted by Gasteiger charge is -2.28. The Balaban J connectivity index is 2.83. The number of amides is 2. The van der Waals surface area contributed by atoms with Crippen LogP contribution in [0.1, 0.15) is 52.7 Å². The van der Waals surface area contributed by atoms with Crippen molar-refractivity contribution < 1.29 is 19.1 Å². The summed E-state index contributed by atoms with van der Waals surface area (Å²) in [5, 5.41) is 0.914. The molecule has 0 unspecified atom stereocenters. The average Bonchev–Trinajstić information content (AvgIpc) is 2.45. The Kier molecular flexibility index (Phi) is 8.13. The highest BCUT2D eigenvalue weighted by Crippen LogP contribution is 2.16. The monoisotopic (exact) mass is 427 g/mol. The number of hydrogen-bond donors (Lipinski definition) is 0. The molecule has 0 radical (unpaired) electrons. The van der Waals surface area contributed by atoms with E-state index in [1.165, 1.54) is 5.56 Å². The molecule has 0 saturated carbocycles. The van der Waals surface area contributed by atoms with E-state index in [9.17, 15) is 9.59 Å². The van der Waals surface area contributed by atoms with Crippen molar-refractivity contribution in [1.29, 1.82) is 0 Å². The number of nitrogens with zero attached hydrogens (tertiary/aromatic N) is 1. The van der Waals surface area contributed by atoms with E-state index in [1.807, 2.05) is 12.1 Å². The van der Waals surface area contributed by atoms with Crippen LogP contribution < -0.4 is 0 Å². The van der Waals surface area contributed by atoms with Gasteiger partial charge in [0.1, 0.15) is 11.2 Å². The van der Waals surface area contributed by atoms with Gasteiger partial charge in [0.25, 0.3) is 0 Å². The van der Waals surface area contributed by atoms with Gasteiger partial charge >= 0.3 is 12.2 Å². The number of imide groups is 1. The van der Waals surface area contributed by atoms with Crippen LogP contribution in [-0.4, -0.2) is 40.2 Å². The Morgan fingerprint density at radius 1 is 0.846 bits per heavy atom. The van der Waals surface area contributed by atoms with E-state index in [1.54, 1.807) is 41.5 Å². The number of ether oxygens (including phenoxy) is 2. The Bertz CT molecular complexity index is 572. The molecule has 0 aliphatic carbocycles. The van der Waals surface area contributed by atoms with Gasteiger partial charge in [0.2, 0.25) is 0 Å². The number of rotatable bonds is 5. The molecule has 0 fully saturated rings. The van der Waals surface area contributed by atoms with Gasteiger partial charge in [0, 0.05) is 11.9 Å². The molecular formula is C20H30BrNO4. The Labute approximate surface area is 165 Å². The predicted octanol–water partition coefficient (Wildman–Crippen LogP) is 5.34. The maximum Gasteiger partial charge on any atom is 0.419 e. The molecule has 0 bridgehead atoms. The van der Waals surface area contributed by atoms with Gasteiger partial charge in [-0.15, -0.1) is 0 Å². The van der Waals surface area contributed by atoms with Gasteiger partial charge in [0.15, 0.2) is 0 Å². The number of carbonyl (C=O) groups excluding carboxylic acids is 2. The second kappa shape index (κ2) is 9.40. The van der Waals surface area contributed by atoms with Crippen LogP contribution in [-0.2, 0) is 22.3 Å². The number of alkyl halides is 1. The molecule has 146 valence electrons. The van der Waals surface area contributed by atoms with Gasteiger partial charge in [-0.3, -0.25) is 0 Å². The van der Waals surface area contributed by atoms with E-state index in [2.05, 4.69) is 28.1 Å². The Hall–Kier alpha value is -1.56. The van der Waals surface area contributed by atoms with Gasteiger partial charge in [-0.2, -0.15) is 0 Å².